The van der Waals surface area contributed by atoms with Gasteiger partial charge in [0.1, 0.15) is 0 Å². The molecule has 0 amide bonds. The molecule has 2 rings (SSSR count). The highest BCUT2D eigenvalue weighted by molar-refractivity contribution is 14.1. The first-order valence-electron chi connectivity index (χ1n) is 5.17. The molecule has 1 aromatic carbocycles. The topological polar surface area (TPSA) is 3.24 Å². The Morgan fingerprint density at radius 3 is 2.29 bits per heavy atom. The maximum atomic E-state index is 2.46. The summed E-state index contributed by atoms with van der Waals surface area (Å²) in [6.07, 6.45) is 0. The molecule has 0 saturated carbocycles. The van der Waals surface area contributed by atoms with Crippen LogP contribution in [-0.4, -0.2) is 13.1 Å². The van der Waals surface area contributed by atoms with Gasteiger partial charge in [0.05, 0.1) is 0 Å². The zero-order valence-corrected chi connectivity index (χ0v) is 10.9. The monoisotopic (exact) mass is 301 g/mol. The SMILES string of the molecule is CC(C)C1CN(c2ccc(I)cc2)C1. The van der Waals surface area contributed by atoms with Crippen LogP contribution in [0.2, 0.25) is 0 Å². The molecule has 1 fully saturated rings. The molecule has 0 bridgehead atoms. The van der Waals surface area contributed by atoms with Crippen LogP contribution in [0.3, 0.4) is 0 Å². The second-order valence-corrected chi connectivity index (χ2v) is 5.63. The normalized spacial score (nSPS) is 17.3. The molecule has 1 aromatic rings. The molecule has 14 heavy (non-hydrogen) atoms. The molecule has 0 spiro atoms. The van der Waals surface area contributed by atoms with Crippen molar-refractivity contribution in [2.45, 2.75) is 13.8 Å². The molecule has 0 aromatic heterocycles. The minimum Gasteiger partial charge on any atom is -0.371 e. The first-order chi connectivity index (χ1) is 6.66. The van der Waals surface area contributed by atoms with E-state index in [1.165, 1.54) is 22.3 Å². The average Bonchev–Trinajstić information content (AvgIpc) is 2.05. The molecule has 2 heteroatoms. The Hall–Kier alpha value is -0.250. The van der Waals surface area contributed by atoms with E-state index >= 15 is 0 Å². The van der Waals surface area contributed by atoms with Crippen LogP contribution < -0.4 is 4.90 Å². The van der Waals surface area contributed by atoms with Gasteiger partial charge in [-0.15, -0.1) is 0 Å². The van der Waals surface area contributed by atoms with Crippen molar-refractivity contribution in [2.24, 2.45) is 11.8 Å². The van der Waals surface area contributed by atoms with Gasteiger partial charge in [-0.05, 0) is 58.7 Å². The summed E-state index contributed by atoms with van der Waals surface area (Å²) >= 11 is 2.35. The quantitative estimate of drug-likeness (QED) is 0.757. The van der Waals surface area contributed by atoms with Crippen molar-refractivity contribution >= 4 is 28.3 Å². The fourth-order valence-corrected chi connectivity index (χ4v) is 2.16. The number of anilines is 1. The molecule has 0 radical (unpaired) electrons. The highest BCUT2D eigenvalue weighted by atomic mass is 127. The molecule has 1 heterocycles. The molecule has 1 nitrogen and oxygen atoms in total. The Balaban J connectivity index is 1.96. The predicted octanol–water partition coefficient (Wildman–Crippen LogP) is 3.38. The third kappa shape index (κ3) is 2.05. The molecule has 1 saturated heterocycles. The van der Waals surface area contributed by atoms with Crippen molar-refractivity contribution in [1.82, 2.24) is 0 Å². The van der Waals surface area contributed by atoms with E-state index in [2.05, 4.69) is 65.6 Å². The number of nitrogens with zero attached hydrogens (tertiary/aromatic N) is 1. The maximum absolute atomic E-state index is 2.46. The van der Waals surface area contributed by atoms with Crippen LogP contribution in [0.15, 0.2) is 24.3 Å². The summed E-state index contributed by atoms with van der Waals surface area (Å²) in [5.74, 6) is 1.73. The van der Waals surface area contributed by atoms with E-state index in [9.17, 15) is 0 Å². The maximum Gasteiger partial charge on any atom is 0.0367 e. The molecule has 1 aliphatic heterocycles. The Kier molecular flexibility index (Phi) is 3.00. The van der Waals surface area contributed by atoms with Gasteiger partial charge in [-0.2, -0.15) is 0 Å². The zero-order chi connectivity index (χ0) is 10.1. The fraction of sp³-hybridized carbons (Fsp3) is 0.500. The van der Waals surface area contributed by atoms with Gasteiger partial charge in [0.2, 0.25) is 0 Å². The highest BCUT2D eigenvalue weighted by Gasteiger charge is 2.28. The van der Waals surface area contributed by atoms with Crippen molar-refractivity contribution in [3.63, 3.8) is 0 Å². The lowest BCUT2D eigenvalue weighted by molar-refractivity contribution is 0.310. The summed E-state index contributed by atoms with van der Waals surface area (Å²) in [6.45, 7) is 7.10. The Morgan fingerprint density at radius 2 is 1.79 bits per heavy atom. The minimum absolute atomic E-state index is 0.829. The molecule has 0 unspecified atom stereocenters. The summed E-state index contributed by atoms with van der Waals surface area (Å²) in [4.78, 5) is 2.46. The van der Waals surface area contributed by atoms with E-state index in [0.717, 1.165) is 11.8 Å². The van der Waals surface area contributed by atoms with E-state index in [-0.39, 0.29) is 0 Å². The highest BCUT2D eigenvalue weighted by Crippen LogP contribution is 2.29. The van der Waals surface area contributed by atoms with Gasteiger partial charge in [0, 0.05) is 22.3 Å². The zero-order valence-electron chi connectivity index (χ0n) is 8.70. The summed E-state index contributed by atoms with van der Waals surface area (Å²) in [5, 5.41) is 0. The van der Waals surface area contributed by atoms with Gasteiger partial charge in [-0.1, -0.05) is 13.8 Å². The van der Waals surface area contributed by atoms with Crippen LogP contribution in [0.5, 0.6) is 0 Å². The number of rotatable bonds is 2. The molecule has 0 N–H and O–H groups in total. The third-order valence-corrected chi connectivity index (χ3v) is 3.76. The standard InChI is InChI=1S/C12H16IN/c1-9(2)10-7-14(8-10)12-5-3-11(13)4-6-12/h3-6,9-10H,7-8H2,1-2H3. The fourth-order valence-electron chi connectivity index (χ4n) is 1.80. The summed E-state index contributed by atoms with van der Waals surface area (Å²) < 4.78 is 1.31. The lowest BCUT2D eigenvalue weighted by Gasteiger charge is -2.43. The largest absolute Gasteiger partial charge is 0.371 e. The summed E-state index contributed by atoms with van der Waals surface area (Å²) in [6, 6.07) is 8.80. The second-order valence-electron chi connectivity index (χ2n) is 4.39. The van der Waals surface area contributed by atoms with Crippen LogP contribution in [0.1, 0.15) is 13.8 Å². The van der Waals surface area contributed by atoms with Crippen molar-refractivity contribution in [3.05, 3.63) is 27.8 Å². The third-order valence-electron chi connectivity index (χ3n) is 3.04. The van der Waals surface area contributed by atoms with Crippen LogP contribution >= 0.6 is 22.6 Å². The molecule has 0 atom stereocenters. The summed E-state index contributed by atoms with van der Waals surface area (Å²) in [5.41, 5.74) is 1.38. The van der Waals surface area contributed by atoms with E-state index in [4.69, 9.17) is 0 Å². The van der Waals surface area contributed by atoms with Gasteiger partial charge in [0.15, 0.2) is 0 Å². The summed E-state index contributed by atoms with van der Waals surface area (Å²) in [7, 11) is 0. The van der Waals surface area contributed by atoms with Crippen LogP contribution in [-0.2, 0) is 0 Å². The van der Waals surface area contributed by atoms with Crippen LogP contribution in [0, 0.1) is 15.4 Å². The van der Waals surface area contributed by atoms with Crippen molar-refractivity contribution < 1.29 is 0 Å². The van der Waals surface area contributed by atoms with Gasteiger partial charge >= 0.3 is 0 Å². The lowest BCUT2D eigenvalue weighted by Crippen LogP contribution is -2.49. The number of benzene rings is 1. The van der Waals surface area contributed by atoms with E-state index in [1.54, 1.807) is 0 Å². The Labute approximate surface area is 99.6 Å². The van der Waals surface area contributed by atoms with Crippen molar-refractivity contribution in [3.8, 4) is 0 Å². The van der Waals surface area contributed by atoms with Crippen molar-refractivity contribution in [1.29, 1.82) is 0 Å². The predicted molar refractivity (Wildman–Crippen MR) is 69.7 cm³/mol. The van der Waals surface area contributed by atoms with E-state index in [0.29, 0.717) is 0 Å². The first kappa shape index (κ1) is 10.3. The van der Waals surface area contributed by atoms with E-state index < -0.39 is 0 Å². The molecular weight excluding hydrogens is 285 g/mol. The van der Waals surface area contributed by atoms with Gasteiger partial charge in [-0.3, -0.25) is 0 Å². The second kappa shape index (κ2) is 4.09. The van der Waals surface area contributed by atoms with Gasteiger partial charge in [-0.25, -0.2) is 0 Å². The first-order valence-corrected chi connectivity index (χ1v) is 6.25. The van der Waals surface area contributed by atoms with Gasteiger partial charge in [0.25, 0.3) is 0 Å². The molecule has 0 aliphatic carbocycles. The van der Waals surface area contributed by atoms with Crippen molar-refractivity contribution in [2.75, 3.05) is 18.0 Å². The smallest absolute Gasteiger partial charge is 0.0367 e. The number of halogens is 1. The van der Waals surface area contributed by atoms with Gasteiger partial charge < -0.3 is 4.90 Å². The molecular formula is C12H16IN. The van der Waals surface area contributed by atoms with Crippen LogP contribution in [0.4, 0.5) is 5.69 Å². The number of hydrogen-bond acceptors (Lipinski definition) is 1. The number of hydrogen-bond donors (Lipinski definition) is 0. The minimum atomic E-state index is 0.829. The molecule has 76 valence electrons. The van der Waals surface area contributed by atoms with E-state index in [1.807, 2.05) is 0 Å². The molecule has 1 aliphatic rings. The Morgan fingerprint density at radius 1 is 1.21 bits per heavy atom. The Bertz CT molecular complexity index is 299. The lowest BCUT2D eigenvalue weighted by atomic mass is 9.88. The average molecular weight is 301 g/mol. The van der Waals surface area contributed by atoms with Crippen LogP contribution in [0.25, 0.3) is 0 Å².